The van der Waals surface area contributed by atoms with E-state index in [9.17, 15) is 9.59 Å². The molecule has 0 spiro atoms. The highest BCUT2D eigenvalue weighted by molar-refractivity contribution is 7.16. The van der Waals surface area contributed by atoms with Gasteiger partial charge in [0.05, 0.1) is 11.8 Å². The largest absolute Gasteiger partial charge is 0.457 e. The van der Waals surface area contributed by atoms with Crippen LogP contribution in [-0.2, 0) is 12.8 Å². The molecule has 29 heavy (non-hydrogen) atoms. The van der Waals surface area contributed by atoms with Gasteiger partial charge in [-0.25, -0.2) is 4.79 Å². The van der Waals surface area contributed by atoms with Crippen LogP contribution in [0.5, 0.6) is 5.75 Å². The van der Waals surface area contributed by atoms with E-state index in [1.165, 1.54) is 16.7 Å². The molecule has 1 aliphatic carbocycles. The summed E-state index contributed by atoms with van der Waals surface area (Å²) in [6.07, 6.45) is 4.25. The van der Waals surface area contributed by atoms with Crippen LogP contribution in [0.4, 0.5) is 5.00 Å². The number of esters is 1. The van der Waals surface area contributed by atoms with Crippen molar-refractivity contribution >= 4 is 28.2 Å². The molecule has 1 aromatic carbocycles. The van der Waals surface area contributed by atoms with Crippen molar-refractivity contribution in [3.63, 3.8) is 0 Å². The number of benzene rings is 1. The second-order valence-electron chi connectivity index (χ2n) is 7.54. The number of carbonyl (C=O) groups excluding carboxylic acids is 2. The zero-order valence-corrected chi connectivity index (χ0v) is 16.7. The highest BCUT2D eigenvalue weighted by atomic mass is 32.1. The molecule has 0 saturated heterocycles. The van der Waals surface area contributed by atoms with Crippen molar-refractivity contribution in [2.45, 2.75) is 32.4 Å². The molecule has 5 rings (SSSR count). The lowest BCUT2D eigenvalue weighted by Crippen LogP contribution is -2.38. The summed E-state index contributed by atoms with van der Waals surface area (Å²) in [6.45, 7) is 2.26. The lowest BCUT2D eigenvalue weighted by Gasteiger charge is -2.27. The molecule has 0 saturated carbocycles. The lowest BCUT2D eigenvalue weighted by atomic mass is 9.88. The van der Waals surface area contributed by atoms with E-state index in [0.717, 1.165) is 35.4 Å². The molecule has 1 aliphatic heterocycles. The van der Waals surface area contributed by atoms with Gasteiger partial charge in [0.25, 0.3) is 5.91 Å². The van der Waals surface area contributed by atoms with Gasteiger partial charge >= 0.3 is 5.97 Å². The minimum atomic E-state index is -0.546. The Balaban J connectivity index is 1.33. The van der Waals surface area contributed by atoms with Gasteiger partial charge in [-0.1, -0.05) is 19.1 Å². The average Bonchev–Trinajstić information content (AvgIpc) is 3.36. The maximum Gasteiger partial charge on any atom is 0.379 e. The molecule has 148 valence electrons. The minimum absolute atomic E-state index is 0.0240. The number of carbonyl (C=O) groups is 2. The molecular weight excluding hydrogens is 388 g/mol. The number of thiophene rings is 1. The molecule has 1 amide bonds. The third kappa shape index (κ3) is 3.31. The second kappa shape index (κ2) is 7.08. The fourth-order valence-corrected chi connectivity index (χ4v) is 5.35. The van der Waals surface area contributed by atoms with E-state index in [-0.39, 0.29) is 17.8 Å². The number of ether oxygens (including phenoxy) is 1. The normalized spacial score (nSPS) is 20.2. The van der Waals surface area contributed by atoms with Crippen molar-refractivity contribution in [2.75, 3.05) is 5.32 Å². The topological polar surface area (TPSA) is 80.6 Å². The van der Waals surface area contributed by atoms with Crippen molar-refractivity contribution in [1.29, 1.82) is 0 Å². The Morgan fingerprint density at radius 3 is 2.79 bits per heavy atom. The summed E-state index contributed by atoms with van der Waals surface area (Å²) in [4.78, 5) is 26.1. The van der Waals surface area contributed by atoms with Crippen LogP contribution in [0.1, 0.15) is 56.4 Å². The van der Waals surface area contributed by atoms with E-state index in [1.807, 2.05) is 12.1 Å². The first-order chi connectivity index (χ1) is 14.1. The maximum atomic E-state index is 12.8. The van der Waals surface area contributed by atoms with Crippen molar-refractivity contribution in [3.8, 4) is 5.75 Å². The Morgan fingerprint density at radius 2 is 2.03 bits per heavy atom. The first kappa shape index (κ1) is 18.0. The van der Waals surface area contributed by atoms with Crippen LogP contribution in [0.3, 0.4) is 0 Å². The van der Waals surface area contributed by atoms with Gasteiger partial charge in [-0.2, -0.15) is 0 Å². The Morgan fingerprint density at radius 1 is 1.21 bits per heavy atom. The molecule has 2 N–H and O–H groups in total. The van der Waals surface area contributed by atoms with Gasteiger partial charge in [-0.3, -0.25) is 4.79 Å². The van der Waals surface area contributed by atoms with Crippen molar-refractivity contribution in [2.24, 2.45) is 5.92 Å². The third-order valence-corrected chi connectivity index (χ3v) is 6.62. The van der Waals surface area contributed by atoms with Gasteiger partial charge in [0.2, 0.25) is 5.76 Å². The van der Waals surface area contributed by atoms with Crippen LogP contribution in [0.15, 0.2) is 47.1 Å². The van der Waals surface area contributed by atoms with E-state index < -0.39 is 5.97 Å². The lowest BCUT2D eigenvalue weighted by molar-refractivity contribution is 0.0701. The first-order valence-electron chi connectivity index (χ1n) is 9.66. The zero-order chi connectivity index (χ0) is 20.0. The summed E-state index contributed by atoms with van der Waals surface area (Å²) in [5.41, 5.74) is 2.92. The van der Waals surface area contributed by atoms with Crippen LogP contribution in [0.25, 0.3) is 0 Å². The van der Waals surface area contributed by atoms with Crippen molar-refractivity contribution in [3.05, 3.63) is 70.0 Å². The van der Waals surface area contributed by atoms with Crippen LogP contribution in [0, 0.1) is 5.92 Å². The number of rotatable bonds is 3. The van der Waals surface area contributed by atoms with E-state index >= 15 is 0 Å². The van der Waals surface area contributed by atoms with Crippen molar-refractivity contribution in [1.82, 2.24) is 5.32 Å². The van der Waals surface area contributed by atoms with Crippen molar-refractivity contribution < 1.29 is 18.7 Å². The Hall–Kier alpha value is -3.06. The molecule has 6 nitrogen and oxygen atoms in total. The second-order valence-corrected chi connectivity index (χ2v) is 8.65. The summed E-state index contributed by atoms with van der Waals surface area (Å²) < 4.78 is 10.3. The number of furan rings is 1. The molecule has 0 bridgehead atoms. The molecule has 2 aliphatic rings. The molecule has 7 heteroatoms. The zero-order valence-electron chi connectivity index (χ0n) is 15.9. The standard InChI is InChI=1S/C22H20N2O4S/c1-12-4-9-15-17(11-12)29-21-18(15)20(25)23-19(24-21)13-5-7-14(8-6-13)28-22(26)16-3-2-10-27-16/h2-3,5-8,10,12,19,24H,4,9,11H2,1H3,(H,23,25)/t12-,19-/m0/s1. The van der Waals surface area contributed by atoms with Gasteiger partial charge in [-0.15, -0.1) is 11.3 Å². The van der Waals surface area contributed by atoms with Gasteiger partial charge in [0.15, 0.2) is 0 Å². The molecule has 0 fully saturated rings. The number of amides is 1. The van der Waals surface area contributed by atoms with Gasteiger partial charge < -0.3 is 19.8 Å². The molecule has 3 heterocycles. The molecule has 2 aromatic heterocycles. The number of hydrogen-bond acceptors (Lipinski definition) is 6. The van der Waals surface area contributed by atoms with E-state index in [4.69, 9.17) is 9.15 Å². The van der Waals surface area contributed by atoms with E-state index in [2.05, 4.69) is 17.6 Å². The molecular formula is C22H20N2O4S. The summed E-state index contributed by atoms with van der Waals surface area (Å²) in [5, 5.41) is 7.47. The summed E-state index contributed by atoms with van der Waals surface area (Å²) in [7, 11) is 0. The minimum Gasteiger partial charge on any atom is -0.457 e. The quantitative estimate of drug-likeness (QED) is 0.491. The predicted molar refractivity (Wildman–Crippen MR) is 109 cm³/mol. The summed E-state index contributed by atoms with van der Waals surface area (Å²) in [6, 6.07) is 10.3. The molecule has 2 atom stereocenters. The summed E-state index contributed by atoms with van der Waals surface area (Å²) >= 11 is 1.70. The number of anilines is 1. The number of nitrogens with one attached hydrogen (secondary N) is 2. The molecule has 0 radical (unpaired) electrons. The van der Waals surface area contributed by atoms with E-state index in [0.29, 0.717) is 11.7 Å². The van der Waals surface area contributed by atoms with Gasteiger partial charge in [-0.05, 0) is 60.6 Å². The average molecular weight is 408 g/mol. The Labute approximate surface area is 171 Å². The first-order valence-corrected chi connectivity index (χ1v) is 10.5. The number of hydrogen-bond donors (Lipinski definition) is 2. The molecule has 3 aromatic rings. The highest BCUT2D eigenvalue weighted by Crippen LogP contribution is 2.42. The number of fused-ring (bicyclic) bond motifs is 3. The Kier molecular flexibility index (Phi) is 4.39. The fraction of sp³-hybridized carbons (Fsp3) is 0.273. The third-order valence-electron chi connectivity index (χ3n) is 5.44. The fourth-order valence-electron chi connectivity index (χ4n) is 3.91. The van der Waals surface area contributed by atoms with Crippen LogP contribution in [0.2, 0.25) is 0 Å². The van der Waals surface area contributed by atoms with E-state index in [1.54, 1.807) is 35.6 Å². The SMILES string of the molecule is C[C@H]1CCc2c(sc3c2C(=O)N[C@H](c2ccc(OC(=O)c4ccco4)cc2)N3)C1. The monoisotopic (exact) mass is 408 g/mol. The van der Waals surface area contributed by atoms with Crippen LogP contribution >= 0.6 is 11.3 Å². The van der Waals surface area contributed by atoms with Crippen LogP contribution < -0.4 is 15.4 Å². The smallest absolute Gasteiger partial charge is 0.379 e. The Bertz CT molecular complexity index is 1070. The maximum absolute atomic E-state index is 12.8. The van der Waals surface area contributed by atoms with Gasteiger partial charge in [0.1, 0.15) is 16.9 Å². The van der Waals surface area contributed by atoms with Crippen LogP contribution in [-0.4, -0.2) is 11.9 Å². The summed E-state index contributed by atoms with van der Waals surface area (Å²) in [5.74, 6) is 0.661. The predicted octanol–water partition coefficient (Wildman–Crippen LogP) is 4.54. The molecule has 0 unspecified atom stereocenters. The highest BCUT2D eigenvalue weighted by Gasteiger charge is 2.33. The van der Waals surface area contributed by atoms with Gasteiger partial charge in [0, 0.05) is 4.88 Å².